The molecule has 2 aromatic rings. The van der Waals surface area contributed by atoms with Crippen LogP contribution in [0.3, 0.4) is 0 Å². The van der Waals surface area contributed by atoms with E-state index in [2.05, 4.69) is 15.5 Å². The number of benzene rings is 1. The quantitative estimate of drug-likeness (QED) is 0.570. The van der Waals surface area contributed by atoms with Crippen LogP contribution in [0.15, 0.2) is 24.3 Å². The standard InChI is InChI=1S/C13H19N5O2/c1-19-9-6-13-15-16-17-18(13)7-3-8-20-12-5-2-4-11(14)10-12/h2,4-5,10H,3,6-9,14H2,1H3. The van der Waals surface area contributed by atoms with Crippen molar-refractivity contribution in [3.05, 3.63) is 30.1 Å². The first-order chi connectivity index (χ1) is 9.79. The van der Waals surface area contributed by atoms with Gasteiger partial charge in [-0.2, -0.15) is 0 Å². The molecule has 0 aliphatic carbocycles. The van der Waals surface area contributed by atoms with Crippen LogP contribution in [-0.2, 0) is 17.7 Å². The first kappa shape index (κ1) is 14.3. The van der Waals surface area contributed by atoms with Gasteiger partial charge in [0.1, 0.15) is 5.75 Å². The maximum absolute atomic E-state index is 5.68. The summed E-state index contributed by atoms with van der Waals surface area (Å²) >= 11 is 0. The van der Waals surface area contributed by atoms with Crippen molar-refractivity contribution in [2.75, 3.05) is 26.1 Å². The van der Waals surface area contributed by atoms with E-state index in [0.717, 1.165) is 18.0 Å². The Balaban J connectivity index is 1.74. The van der Waals surface area contributed by atoms with E-state index >= 15 is 0 Å². The highest BCUT2D eigenvalue weighted by molar-refractivity contribution is 5.43. The molecule has 0 radical (unpaired) electrons. The van der Waals surface area contributed by atoms with E-state index in [1.54, 1.807) is 17.9 Å². The summed E-state index contributed by atoms with van der Waals surface area (Å²) in [5.41, 5.74) is 6.38. The van der Waals surface area contributed by atoms with Crippen LogP contribution in [0.2, 0.25) is 0 Å². The van der Waals surface area contributed by atoms with Gasteiger partial charge < -0.3 is 15.2 Å². The van der Waals surface area contributed by atoms with Crippen molar-refractivity contribution in [3.63, 3.8) is 0 Å². The smallest absolute Gasteiger partial charge is 0.153 e. The largest absolute Gasteiger partial charge is 0.493 e. The number of aromatic nitrogens is 4. The molecule has 7 heteroatoms. The average Bonchev–Trinajstić information content (AvgIpc) is 2.89. The summed E-state index contributed by atoms with van der Waals surface area (Å²) in [6, 6.07) is 7.39. The van der Waals surface area contributed by atoms with Crippen LogP contribution in [0.25, 0.3) is 0 Å². The Bertz CT molecular complexity index is 529. The van der Waals surface area contributed by atoms with Gasteiger partial charge in [0.15, 0.2) is 5.82 Å². The molecule has 7 nitrogen and oxygen atoms in total. The van der Waals surface area contributed by atoms with Crippen LogP contribution >= 0.6 is 0 Å². The van der Waals surface area contributed by atoms with Crippen LogP contribution in [0.4, 0.5) is 5.69 Å². The molecule has 0 aliphatic heterocycles. The van der Waals surface area contributed by atoms with Gasteiger partial charge in [0.25, 0.3) is 0 Å². The maximum Gasteiger partial charge on any atom is 0.153 e. The van der Waals surface area contributed by atoms with Crippen molar-refractivity contribution in [1.29, 1.82) is 0 Å². The molecule has 0 saturated carbocycles. The first-order valence-corrected chi connectivity index (χ1v) is 6.52. The van der Waals surface area contributed by atoms with E-state index in [0.29, 0.717) is 31.9 Å². The van der Waals surface area contributed by atoms with E-state index in [4.69, 9.17) is 15.2 Å². The lowest BCUT2D eigenvalue weighted by Crippen LogP contribution is -2.11. The third-order valence-corrected chi connectivity index (χ3v) is 2.78. The summed E-state index contributed by atoms with van der Waals surface area (Å²) < 4.78 is 12.4. The SMILES string of the molecule is COCCc1nnnn1CCCOc1cccc(N)c1. The number of nitrogens with zero attached hydrogens (tertiary/aromatic N) is 4. The number of tetrazole rings is 1. The fourth-order valence-electron chi connectivity index (χ4n) is 1.78. The lowest BCUT2D eigenvalue weighted by atomic mass is 10.3. The molecule has 2 rings (SSSR count). The summed E-state index contributed by atoms with van der Waals surface area (Å²) in [7, 11) is 1.66. The molecule has 0 aliphatic rings. The molecule has 0 spiro atoms. The van der Waals surface area contributed by atoms with Crippen LogP contribution in [0, 0.1) is 0 Å². The van der Waals surface area contributed by atoms with E-state index in [1.807, 2.05) is 18.2 Å². The van der Waals surface area contributed by atoms with Gasteiger partial charge in [-0.15, -0.1) is 5.10 Å². The minimum Gasteiger partial charge on any atom is -0.493 e. The highest BCUT2D eigenvalue weighted by Gasteiger charge is 2.05. The summed E-state index contributed by atoms with van der Waals surface area (Å²) in [6.07, 6.45) is 1.53. The number of rotatable bonds is 8. The topological polar surface area (TPSA) is 88.1 Å². The third-order valence-electron chi connectivity index (χ3n) is 2.78. The van der Waals surface area contributed by atoms with Gasteiger partial charge in [-0.1, -0.05) is 6.07 Å². The third kappa shape index (κ3) is 4.20. The summed E-state index contributed by atoms with van der Waals surface area (Å²) in [4.78, 5) is 0. The Morgan fingerprint density at radius 3 is 3.00 bits per heavy atom. The number of hydrogen-bond donors (Lipinski definition) is 1. The zero-order valence-corrected chi connectivity index (χ0v) is 11.5. The van der Waals surface area contributed by atoms with Gasteiger partial charge in [-0.05, 0) is 22.6 Å². The Morgan fingerprint density at radius 1 is 1.30 bits per heavy atom. The molecular weight excluding hydrogens is 258 g/mol. The summed E-state index contributed by atoms with van der Waals surface area (Å²) in [5, 5.41) is 11.6. The maximum atomic E-state index is 5.68. The van der Waals surface area contributed by atoms with Crippen LogP contribution in [0.5, 0.6) is 5.75 Å². The highest BCUT2D eigenvalue weighted by Crippen LogP contribution is 2.14. The number of nitrogen functional groups attached to an aromatic ring is 1. The van der Waals surface area contributed by atoms with Gasteiger partial charge in [0, 0.05) is 38.2 Å². The van der Waals surface area contributed by atoms with E-state index in [-0.39, 0.29) is 0 Å². The zero-order valence-electron chi connectivity index (χ0n) is 11.5. The van der Waals surface area contributed by atoms with Gasteiger partial charge in [-0.25, -0.2) is 4.68 Å². The van der Waals surface area contributed by atoms with Crippen molar-refractivity contribution >= 4 is 5.69 Å². The van der Waals surface area contributed by atoms with Crippen molar-refractivity contribution < 1.29 is 9.47 Å². The predicted octanol–water partition coefficient (Wildman–Crippen LogP) is 0.913. The van der Waals surface area contributed by atoms with Crippen LogP contribution in [0.1, 0.15) is 12.2 Å². The van der Waals surface area contributed by atoms with E-state index < -0.39 is 0 Å². The Hall–Kier alpha value is -2.15. The number of methoxy groups -OCH3 is 1. The second kappa shape index (κ2) is 7.44. The minimum absolute atomic E-state index is 0.590. The monoisotopic (exact) mass is 277 g/mol. The summed E-state index contributed by atoms with van der Waals surface area (Å²) in [6.45, 7) is 1.92. The van der Waals surface area contributed by atoms with Crippen molar-refractivity contribution in [1.82, 2.24) is 20.2 Å². The molecule has 0 saturated heterocycles. The highest BCUT2D eigenvalue weighted by atomic mass is 16.5. The minimum atomic E-state index is 0.590. The molecule has 1 aromatic carbocycles. The number of ether oxygens (including phenoxy) is 2. The fraction of sp³-hybridized carbons (Fsp3) is 0.462. The summed E-state index contributed by atoms with van der Waals surface area (Å²) in [5.74, 6) is 1.61. The lowest BCUT2D eigenvalue weighted by molar-refractivity contribution is 0.198. The lowest BCUT2D eigenvalue weighted by Gasteiger charge is -2.07. The van der Waals surface area contributed by atoms with Gasteiger partial charge >= 0.3 is 0 Å². The average molecular weight is 277 g/mol. The first-order valence-electron chi connectivity index (χ1n) is 6.52. The number of hydrogen-bond acceptors (Lipinski definition) is 6. The molecule has 1 heterocycles. The van der Waals surface area contributed by atoms with Gasteiger partial charge in [0.2, 0.25) is 0 Å². The Kier molecular flexibility index (Phi) is 5.31. The zero-order chi connectivity index (χ0) is 14.2. The molecule has 20 heavy (non-hydrogen) atoms. The number of aryl methyl sites for hydroxylation is 1. The van der Waals surface area contributed by atoms with E-state index in [9.17, 15) is 0 Å². The Morgan fingerprint density at radius 2 is 2.20 bits per heavy atom. The second-order valence-electron chi connectivity index (χ2n) is 4.34. The normalized spacial score (nSPS) is 10.7. The molecule has 1 aromatic heterocycles. The fourth-order valence-corrected chi connectivity index (χ4v) is 1.78. The molecule has 108 valence electrons. The van der Waals surface area contributed by atoms with Crippen molar-refractivity contribution in [3.8, 4) is 5.75 Å². The molecule has 0 fully saturated rings. The molecule has 0 unspecified atom stereocenters. The molecule has 2 N–H and O–H groups in total. The molecule has 0 atom stereocenters. The van der Waals surface area contributed by atoms with Gasteiger partial charge in [-0.3, -0.25) is 0 Å². The number of nitrogens with two attached hydrogens (primary N) is 1. The Labute approximate surface area is 117 Å². The number of anilines is 1. The van der Waals surface area contributed by atoms with Crippen molar-refractivity contribution in [2.45, 2.75) is 19.4 Å². The predicted molar refractivity (Wildman–Crippen MR) is 74.4 cm³/mol. The van der Waals surface area contributed by atoms with E-state index in [1.165, 1.54) is 0 Å². The van der Waals surface area contributed by atoms with Crippen LogP contribution < -0.4 is 10.5 Å². The van der Waals surface area contributed by atoms with Crippen LogP contribution in [-0.4, -0.2) is 40.5 Å². The van der Waals surface area contributed by atoms with Crippen molar-refractivity contribution in [2.24, 2.45) is 0 Å². The molecular formula is C13H19N5O2. The second-order valence-corrected chi connectivity index (χ2v) is 4.34. The van der Waals surface area contributed by atoms with Gasteiger partial charge in [0.05, 0.1) is 13.2 Å². The molecule has 0 amide bonds. The molecule has 0 bridgehead atoms.